The van der Waals surface area contributed by atoms with E-state index in [0.29, 0.717) is 0 Å². The van der Waals surface area contributed by atoms with Crippen molar-refractivity contribution in [2.45, 2.75) is 18.6 Å². The van der Waals surface area contributed by atoms with E-state index in [-0.39, 0.29) is 13.0 Å². The SMILES string of the molecule is NC(=O)C1CC(O)CN1C(=O)n1ccnc1. The van der Waals surface area contributed by atoms with Crippen LogP contribution in [0.15, 0.2) is 18.7 Å². The molecule has 1 aromatic heterocycles. The second kappa shape index (κ2) is 3.93. The van der Waals surface area contributed by atoms with E-state index in [1.165, 1.54) is 28.2 Å². The third-order valence-electron chi connectivity index (χ3n) is 2.58. The number of hydrogen-bond donors (Lipinski definition) is 2. The van der Waals surface area contributed by atoms with Crippen LogP contribution in [0.4, 0.5) is 4.79 Å². The lowest BCUT2D eigenvalue weighted by Crippen LogP contribution is -2.45. The molecular formula is C9H12N4O3. The summed E-state index contributed by atoms with van der Waals surface area (Å²) in [4.78, 5) is 28.0. The summed E-state index contributed by atoms with van der Waals surface area (Å²) in [6.45, 7) is 0.116. The van der Waals surface area contributed by atoms with Crippen molar-refractivity contribution >= 4 is 11.9 Å². The second-order valence-electron chi connectivity index (χ2n) is 3.71. The van der Waals surface area contributed by atoms with Crippen LogP contribution < -0.4 is 5.73 Å². The molecule has 86 valence electrons. The number of aliphatic hydroxyl groups is 1. The van der Waals surface area contributed by atoms with Crippen LogP contribution in [0.5, 0.6) is 0 Å². The second-order valence-corrected chi connectivity index (χ2v) is 3.71. The molecule has 2 rings (SSSR count). The first-order chi connectivity index (χ1) is 7.59. The average Bonchev–Trinajstić information content (AvgIpc) is 2.84. The normalized spacial score (nSPS) is 24.7. The van der Waals surface area contributed by atoms with Crippen LogP contribution in [0.2, 0.25) is 0 Å². The maximum atomic E-state index is 11.9. The van der Waals surface area contributed by atoms with E-state index in [4.69, 9.17) is 5.73 Å². The lowest BCUT2D eigenvalue weighted by Gasteiger charge is -2.21. The van der Waals surface area contributed by atoms with E-state index in [2.05, 4.69) is 4.98 Å². The predicted octanol–water partition coefficient (Wildman–Crippen LogP) is -1.23. The highest BCUT2D eigenvalue weighted by atomic mass is 16.3. The monoisotopic (exact) mass is 224 g/mol. The highest BCUT2D eigenvalue weighted by molar-refractivity contribution is 5.87. The van der Waals surface area contributed by atoms with Crippen LogP contribution in [-0.4, -0.2) is 50.2 Å². The van der Waals surface area contributed by atoms with Crippen LogP contribution in [-0.2, 0) is 4.79 Å². The standard InChI is InChI=1S/C9H12N4O3/c10-8(15)7-3-6(14)4-13(7)9(16)12-2-1-11-5-12/h1-2,5-7,14H,3-4H2,(H2,10,15). The van der Waals surface area contributed by atoms with Crippen molar-refractivity contribution in [3.05, 3.63) is 18.7 Å². The van der Waals surface area contributed by atoms with Crippen molar-refractivity contribution in [1.82, 2.24) is 14.5 Å². The van der Waals surface area contributed by atoms with Gasteiger partial charge in [-0.1, -0.05) is 0 Å². The molecule has 16 heavy (non-hydrogen) atoms. The summed E-state index contributed by atoms with van der Waals surface area (Å²) < 4.78 is 1.24. The van der Waals surface area contributed by atoms with Gasteiger partial charge in [-0.05, 0) is 0 Å². The highest BCUT2D eigenvalue weighted by Gasteiger charge is 2.38. The van der Waals surface area contributed by atoms with Gasteiger partial charge in [0.25, 0.3) is 0 Å². The number of amides is 2. The Kier molecular flexibility index (Phi) is 2.61. The van der Waals surface area contributed by atoms with E-state index in [1.54, 1.807) is 0 Å². The Morgan fingerprint density at radius 2 is 2.25 bits per heavy atom. The minimum atomic E-state index is -0.745. The smallest absolute Gasteiger partial charge is 0.330 e. The van der Waals surface area contributed by atoms with E-state index >= 15 is 0 Å². The Balaban J connectivity index is 2.20. The molecule has 1 aromatic rings. The fourth-order valence-electron chi connectivity index (χ4n) is 1.82. The molecule has 7 nitrogen and oxygen atoms in total. The molecule has 2 unspecified atom stereocenters. The number of nitrogens with zero attached hydrogens (tertiary/aromatic N) is 3. The minimum absolute atomic E-state index is 0.116. The summed E-state index contributed by atoms with van der Waals surface area (Å²) in [5.74, 6) is -0.606. The Labute approximate surface area is 91.5 Å². The maximum Gasteiger partial charge on any atom is 0.330 e. The summed E-state index contributed by atoms with van der Waals surface area (Å²) in [7, 11) is 0. The Hall–Kier alpha value is -1.89. The van der Waals surface area contributed by atoms with Crippen molar-refractivity contribution in [2.75, 3.05) is 6.54 Å². The number of carbonyl (C=O) groups is 2. The molecular weight excluding hydrogens is 212 g/mol. The minimum Gasteiger partial charge on any atom is -0.391 e. The van der Waals surface area contributed by atoms with Crippen LogP contribution in [0.3, 0.4) is 0 Å². The van der Waals surface area contributed by atoms with Gasteiger partial charge in [0, 0.05) is 25.4 Å². The Morgan fingerprint density at radius 3 is 2.81 bits per heavy atom. The summed E-state index contributed by atoms with van der Waals surface area (Å²) in [5, 5.41) is 9.44. The molecule has 1 aliphatic heterocycles. The summed E-state index contributed by atoms with van der Waals surface area (Å²) in [6, 6.07) is -1.15. The molecule has 0 saturated carbocycles. The summed E-state index contributed by atoms with van der Waals surface area (Å²) in [5.41, 5.74) is 5.17. The number of rotatable bonds is 1. The van der Waals surface area contributed by atoms with E-state index < -0.39 is 24.1 Å². The van der Waals surface area contributed by atoms with E-state index in [0.717, 1.165) is 0 Å². The van der Waals surface area contributed by atoms with Crippen LogP contribution >= 0.6 is 0 Å². The van der Waals surface area contributed by atoms with Crippen molar-refractivity contribution in [1.29, 1.82) is 0 Å². The van der Waals surface area contributed by atoms with Gasteiger partial charge in [0.2, 0.25) is 5.91 Å². The van der Waals surface area contributed by atoms with Gasteiger partial charge >= 0.3 is 6.03 Å². The maximum absolute atomic E-state index is 11.9. The molecule has 0 aliphatic carbocycles. The number of carbonyl (C=O) groups excluding carboxylic acids is 2. The van der Waals surface area contributed by atoms with Crippen molar-refractivity contribution in [2.24, 2.45) is 5.73 Å². The molecule has 3 N–H and O–H groups in total. The summed E-state index contributed by atoms with van der Waals surface area (Å²) in [6.07, 6.45) is 3.76. The summed E-state index contributed by atoms with van der Waals surface area (Å²) >= 11 is 0. The first-order valence-corrected chi connectivity index (χ1v) is 4.86. The Bertz CT molecular complexity index is 403. The molecule has 1 saturated heterocycles. The van der Waals surface area contributed by atoms with Gasteiger partial charge in [-0.2, -0.15) is 0 Å². The lowest BCUT2D eigenvalue weighted by atomic mass is 10.2. The topological polar surface area (TPSA) is 101 Å². The fourth-order valence-corrected chi connectivity index (χ4v) is 1.82. The molecule has 0 spiro atoms. The number of aliphatic hydroxyl groups excluding tert-OH is 1. The van der Waals surface area contributed by atoms with Crippen molar-refractivity contribution in [3.63, 3.8) is 0 Å². The largest absolute Gasteiger partial charge is 0.391 e. The molecule has 2 amide bonds. The van der Waals surface area contributed by atoms with E-state index in [9.17, 15) is 14.7 Å². The molecule has 0 radical (unpaired) electrons. The zero-order valence-electron chi connectivity index (χ0n) is 8.48. The van der Waals surface area contributed by atoms with Gasteiger partial charge in [0.15, 0.2) is 0 Å². The van der Waals surface area contributed by atoms with Gasteiger partial charge < -0.3 is 15.7 Å². The molecule has 0 bridgehead atoms. The number of likely N-dealkylation sites (tertiary alicyclic amines) is 1. The van der Waals surface area contributed by atoms with Crippen molar-refractivity contribution in [3.8, 4) is 0 Å². The first-order valence-electron chi connectivity index (χ1n) is 4.86. The highest BCUT2D eigenvalue weighted by Crippen LogP contribution is 2.18. The third kappa shape index (κ3) is 1.76. The van der Waals surface area contributed by atoms with Crippen LogP contribution in [0, 0.1) is 0 Å². The third-order valence-corrected chi connectivity index (χ3v) is 2.58. The average molecular weight is 224 g/mol. The quantitative estimate of drug-likeness (QED) is 0.623. The number of β-amino-alcohol motifs (C(OH)–C–C–N with tert-alkyl or cyclic N) is 1. The Morgan fingerprint density at radius 1 is 1.50 bits per heavy atom. The van der Waals surface area contributed by atoms with Gasteiger partial charge in [-0.3, -0.25) is 9.36 Å². The molecule has 2 atom stereocenters. The number of nitrogens with two attached hydrogens (primary N) is 1. The molecule has 7 heteroatoms. The zero-order valence-corrected chi connectivity index (χ0v) is 8.48. The zero-order chi connectivity index (χ0) is 11.7. The predicted molar refractivity (Wildman–Crippen MR) is 53.3 cm³/mol. The number of primary amides is 1. The molecule has 1 aliphatic rings. The van der Waals surface area contributed by atoms with Gasteiger partial charge in [0.05, 0.1) is 6.10 Å². The van der Waals surface area contributed by atoms with Gasteiger partial charge in [-0.25, -0.2) is 9.78 Å². The van der Waals surface area contributed by atoms with Crippen molar-refractivity contribution < 1.29 is 14.7 Å². The van der Waals surface area contributed by atoms with E-state index in [1.807, 2.05) is 0 Å². The van der Waals surface area contributed by atoms with Crippen LogP contribution in [0.25, 0.3) is 0 Å². The van der Waals surface area contributed by atoms with Crippen LogP contribution in [0.1, 0.15) is 6.42 Å². The van der Waals surface area contributed by atoms with Gasteiger partial charge in [-0.15, -0.1) is 0 Å². The number of aromatic nitrogens is 2. The number of hydrogen-bond acceptors (Lipinski definition) is 4. The molecule has 1 fully saturated rings. The lowest BCUT2D eigenvalue weighted by molar-refractivity contribution is -0.121. The fraction of sp³-hybridized carbons (Fsp3) is 0.444. The number of imidazole rings is 1. The molecule has 0 aromatic carbocycles. The first kappa shape index (κ1) is 10.6. The van der Waals surface area contributed by atoms with Gasteiger partial charge in [0.1, 0.15) is 12.4 Å². The molecule has 2 heterocycles.